The summed E-state index contributed by atoms with van der Waals surface area (Å²) in [7, 11) is 0. The molecule has 2 N–H and O–H groups in total. The summed E-state index contributed by atoms with van der Waals surface area (Å²) in [6, 6.07) is 0. The zero-order chi connectivity index (χ0) is 13.1. The van der Waals surface area contributed by atoms with Gasteiger partial charge < -0.3 is 10.6 Å². The molecule has 7 heteroatoms. The van der Waals surface area contributed by atoms with Crippen molar-refractivity contribution in [2.45, 2.75) is 19.3 Å². The molecule has 18 heavy (non-hydrogen) atoms. The van der Waals surface area contributed by atoms with Gasteiger partial charge >= 0.3 is 0 Å². The Bertz CT molecular complexity index is 455. The number of nitrogens with zero attached hydrogens (tertiary/aromatic N) is 2. The van der Waals surface area contributed by atoms with Gasteiger partial charge in [-0.15, -0.1) is 0 Å². The number of thiazole rings is 1. The van der Waals surface area contributed by atoms with Crippen LogP contribution in [-0.2, 0) is 4.79 Å². The number of hydrogen-bond acceptors (Lipinski definition) is 5. The van der Waals surface area contributed by atoms with Crippen LogP contribution in [0.5, 0.6) is 0 Å². The zero-order valence-electron chi connectivity index (χ0n) is 9.76. The first-order valence-electron chi connectivity index (χ1n) is 5.75. The van der Waals surface area contributed by atoms with Crippen LogP contribution in [0.1, 0.15) is 28.9 Å². The lowest BCUT2D eigenvalue weighted by atomic mass is 9.94. The molecule has 0 aromatic carbocycles. The normalized spacial score (nSPS) is 16.8. The molecule has 2 rings (SSSR count). The van der Waals surface area contributed by atoms with E-state index in [4.69, 9.17) is 17.3 Å². The highest BCUT2D eigenvalue weighted by Crippen LogP contribution is 2.31. The quantitative estimate of drug-likeness (QED) is 0.855. The van der Waals surface area contributed by atoms with Gasteiger partial charge in [0, 0.05) is 19.5 Å². The maximum absolute atomic E-state index is 10.8. The van der Waals surface area contributed by atoms with Crippen molar-refractivity contribution in [2.24, 2.45) is 11.7 Å². The molecule has 1 aromatic heterocycles. The fourth-order valence-corrected chi connectivity index (χ4v) is 3.24. The molecule has 2 heterocycles. The fraction of sp³-hybridized carbons (Fsp3) is 0.545. The van der Waals surface area contributed by atoms with E-state index in [2.05, 4.69) is 9.88 Å². The lowest BCUT2D eigenvalue weighted by Gasteiger charge is -2.31. The Hall–Kier alpha value is -1.14. The highest BCUT2D eigenvalue weighted by Gasteiger charge is 2.23. The minimum absolute atomic E-state index is 0.242. The molecule has 1 saturated heterocycles. The average molecular weight is 288 g/mol. The summed E-state index contributed by atoms with van der Waals surface area (Å²) in [6.07, 6.45) is 3.00. The number of carbonyl (C=O) groups is 2. The molecule has 0 unspecified atom stereocenters. The van der Waals surface area contributed by atoms with Crippen molar-refractivity contribution in [2.75, 3.05) is 18.0 Å². The number of halogens is 1. The van der Waals surface area contributed by atoms with Gasteiger partial charge in [0.15, 0.2) is 16.6 Å². The maximum atomic E-state index is 10.8. The number of aldehydes is 1. The Balaban J connectivity index is 1.96. The monoisotopic (exact) mass is 287 g/mol. The van der Waals surface area contributed by atoms with Gasteiger partial charge in [-0.1, -0.05) is 22.9 Å². The summed E-state index contributed by atoms with van der Waals surface area (Å²) < 4.78 is 0. The first kappa shape index (κ1) is 13.3. The standard InChI is InChI=1S/C11H14ClN3O2S/c12-10-8(6-16)18-11(14-10)15-3-1-7(2-4-15)5-9(13)17/h6-7H,1-5H2,(H2,13,17). The van der Waals surface area contributed by atoms with Gasteiger partial charge in [0.2, 0.25) is 5.91 Å². The zero-order valence-corrected chi connectivity index (χ0v) is 11.3. The van der Waals surface area contributed by atoms with Crippen LogP contribution < -0.4 is 10.6 Å². The predicted octanol–water partition coefficient (Wildman–Crippen LogP) is 1.70. The SMILES string of the molecule is NC(=O)CC1CCN(c2nc(Cl)c(C=O)s2)CC1. The van der Waals surface area contributed by atoms with E-state index in [9.17, 15) is 9.59 Å². The van der Waals surface area contributed by atoms with E-state index in [1.807, 2.05) is 0 Å². The Kier molecular flexibility index (Phi) is 4.19. The Labute approximate surface area is 114 Å². The van der Waals surface area contributed by atoms with Crippen molar-refractivity contribution in [3.05, 3.63) is 10.0 Å². The summed E-state index contributed by atoms with van der Waals surface area (Å²) >= 11 is 7.15. The first-order valence-corrected chi connectivity index (χ1v) is 6.94. The van der Waals surface area contributed by atoms with E-state index in [0.29, 0.717) is 17.2 Å². The molecule has 0 radical (unpaired) electrons. The van der Waals surface area contributed by atoms with Gasteiger partial charge in [-0.25, -0.2) is 4.98 Å². The van der Waals surface area contributed by atoms with E-state index >= 15 is 0 Å². The van der Waals surface area contributed by atoms with E-state index < -0.39 is 0 Å². The minimum atomic E-state index is -0.242. The highest BCUT2D eigenvalue weighted by atomic mass is 35.5. The smallest absolute Gasteiger partial charge is 0.217 e. The second kappa shape index (κ2) is 5.67. The van der Waals surface area contributed by atoms with Crippen LogP contribution >= 0.6 is 22.9 Å². The molecule has 1 aromatic rings. The van der Waals surface area contributed by atoms with Crippen LogP contribution in [0.15, 0.2) is 0 Å². The maximum Gasteiger partial charge on any atom is 0.217 e. The Morgan fingerprint density at radius 3 is 2.72 bits per heavy atom. The summed E-state index contributed by atoms with van der Waals surface area (Å²) in [5.74, 6) is 0.119. The van der Waals surface area contributed by atoms with Crippen molar-refractivity contribution in [3.63, 3.8) is 0 Å². The highest BCUT2D eigenvalue weighted by molar-refractivity contribution is 7.17. The Morgan fingerprint density at radius 2 is 2.22 bits per heavy atom. The van der Waals surface area contributed by atoms with Gasteiger partial charge in [0.25, 0.3) is 0 Å². The molecular weight excluding hydrogens is 274 g/mol. The van der Waals surface area contributed by atoms with Crippen LogP contribution in [0.25, 0.3) is 0 Å². The number of anilines is 1. The average Bonchev–Trinajstić information content (AvgIpc) is 2.71. The number of rotatable bonds is 4. The molecule has 0 spiro atoms. The van der Waals surface area contributed by atoms with Crippen molar-refractivity contribution >= 4 is 40.3 Å². The number of carbonyl (C=O) groups excluding carboxylic acids is 2. The molecule has 1 fully saturated rings. The third kappa shape index (κ3) is 3.00. The molecule has 0 saturated carbocycles. The number of piperidine rings is 1. The molecule has 1 aliphatic rings. The second-order valence-electron chi connectivity index (χ2n) is 4.37. The molecule has 1 amide bonds. The topological polar surface area (TPSA) is 76.3 Å². The number of hydrogen-bond donors (Lipinski definition) is 1. The molecule has 0 aliphatic carbocycles. The van der Waals surface area contributed by atoms with Gasteiger partial charge in [-0.3, -0.25) is 9.59 Å². The summed E-state index contributed by atoms with van der Waals surface area (Å²) in [4.78, 5) is 28.3. The molecular formula is C11H14ClN3O2S. The van der Waals surface area contributed by atoms with Crippen LogP contribution in [0.4, 0.5) is 5.13 Å². The van der Waals surface area contributed by atoms with Crippen LogP contribution in [0.2, 0.25) is 5.15 Å². The van der Waals surface area contributed by atoms with Gasteiger partial charge in [-0.2, -0.15) is 0 Å². The number of amides is 1. The summed E-state index contributed by atoms with van der Waals surface area (Å²) in [5, 5.41) is 1.05. The van der Waals surface area contributed by atoms with E-state index in [0.717, 1.165) is 37.3 Å². The van der Waals surface area contributed by atoms with Gasteiger partial charge in [0.1, 0.15) is 4.88 Å². The third-order valence-corrected chi connectivity index (χ3v) is 4.52. The van der Waals surface area contributed by atoms with Crippen molar-refractivity contribution in [1.29, 1.82) is 0 Å². The lowest BCUT2D eigenvalue weighted by Crippen LogP contribution is -2.34. The van der Waals surface area contributed by atoms with Crippen molar-refractivity contribution < 1.29 is 9.59 Å². The second-order valence-corrected chi connectivity index (χ2v) is 5.74. The molecule has 5 nitrogen and oxygen atoms in total. The van der Waals surface area contributed by atoms with Crippen molar-refractivity contribution in [3.8, 4) is 0 Å². The van der Waals surface area contributed by atoms with Gasteiger partial charge in [0.05, 0.1) is 0 Å². The lowest BCUT2D eigenvalue weighted by molar-refractivity contribution is -0.119. The molecule has 1 aliphatic heterocycles. The number of primary amides is 1. The minimum Gasteiger partial charge on any atom is -0.370 e. The van der Waals surface area contributed by atoms with Crippen molar-refractivity contribution in [1.82, 2.24) is 4.98 Å². The summed E-state index contributed by atoms with van der Waals surface area (Å²) in [5.41, 5.74) is 5.19. The summed E-state index contributed by atoms with van der Waals surface area (Å²) in [6.45, 7) is 1.64. The molecule has 0 atom stereocenters. The van der Waals surface area contributed by atoms with Crippen LogP contribution in [0, 0.1) is 5.92 Å². The largest absolute Gasteiger partial charge is 0.370 e. The fourth-order valence-electron chi connectivity index (χ4n) is 2.12. The van der Waals surface area contributed by atoms with Gasteiger partial charge in [-0.05, 0) is 18.8 Å². The number of nitrogens with two attached hydrogens (primary N) is 1. The number of aromatic nitrogens is 1. The predicted molar refractivity (Wildman–Crippen MR) is 71.3 cm³/mol. The molecule has 0 bridgehead atoms. The first-order chi connectivity index (χ1) is 8.60. The van der Waals surface area contributed by atoms with E-state index in [1.54, 1.807) is 0 Å². The van der Waals surface area contributed by atoms with E-state index in [-0.39, 0.29) is 11.1 Å². The van der Waals surface area contributed by atoms with Crippen LogP contribution in [0.3, 0.4) is 0 Å². The van der Waals surface area contributed by atoms with Crippen LogP contribution in [-0.4, -0.2) is 30.3 Å². The third-order valence-electron chi connectivity index (χ3n) is 3.08. The molecule has 98 valence electrons. The Morgan fingerprint density at radius 1 is 1.56 bits per heavy atom. The van der Waals surface area contributed by atoms with E-state index in [1.165, 1.54) is 11.3 Å².